The summed E-state index contributed by atoms with van der Waals surface area (Å²) >= 11 is 7.83. The van der Waals surface area contributed by atoms with Gasteiger partial charge < -0.3 is 5.73 Å². The zero-order chi connectivity index (χ0) is 14.8. The van der Waals surface area contributed by atoms with Crippen LogP contribution in [0.15, 0.2) is 48.0 Å². The molecule has 103 valence electrons. The van der Waals surface area contributed by atoms with E-state index in [1.165, 1.54) is 0 Å². The first-order valence-corrected chi connectivity index (χ1v) is 7.42. The van der Waals surface area contributed by atoms with Gasteiger partial charge >= 0.3 is 0 Å². The molecule has 0 fully saturated rings. The number of aromatic nitrogens is 1. The molecule has 21 heavy (non-hydrogen) atoms. The Kier molecular flexibility index (Phi) is 3.73. The summed E-state index contributed by atoms with van der Waals surface area (Å²) in [6, 6.07) is 13.6. The van der Waals surface area contributed by atoms with Crippen molar-refractivity contribution in [3.63, 3.8) is 0 Å². The summed E-state index contributed by atoms with van der Waals surface area (Å²) in [6.07, 6.45) is 1.75. The van der Waals surface area contributed by atoms with Crippen molar-refractivity contribution in [1.29, 1.82) is 0 Å². The Hall–Kier alpha value is -2.17. The number of carbonyl (C=O) groups excluding carboxylic acids is 1. The highest BCUT2D eigenvalue weighted by Crippen LogP contribution is 2.34. The fourth-order valence-electron chi connectivity index (χ4n) is 2.10. The lowest BCUT2D eigenvalue weighted by Gasteiger charge is -2.10. The highest BCUT2D eigenvalue weighted by molar-refractivity contribution is 7.13. The van der Waals surface area contributed by atoms with Crippen molar-refractivity contribution in [2.75, 3.05) is 0 Å². The SMILES string of the molecule is NC(=O)c1c[c]ccc1-c1cc(-c2nccs2)ccc1Cl. The molecule has 1 radical (unpaired) electrons. The molecule has 0 saturated heterocycles. The Morgan fingerprint density at radius 1 is 1.29 bits per heavy atom. The Bertz CT molecular complexity index is 800. The lowest BCUT2D eigenvalue weighted by Crippen LogP contribution is -2.12. The zero-order valence-electron chi connectivity index (χ0n) is 10.8. The number of thiazole rings is 1. The fraction of sp³-hybridized carbons (Fsp3) is 0. The van der Waals surface area contributed by atoms with E-state index < -0.39 is 5.91 Å². The first-order chi connectivity index (χ1) is 10.2. The molecule has 1 aromatic heterocycles. The number of rotatable bonds is 3. The van der Waals surface area contributed by atoms with E-state index in [2.05, 4.69) is 11.1 Å². The molecule has 1 amide bonds. The van der Waals surface area contributed by atoms with Crippen molar-refractivity contribution < 1.29 is 4.79 Å². The summed E-state index contributed by atoms with van der Waals surface area (Å²) in [5, 5.41) is 3.37. The molecule has 2 N–H and O–H groups in total. The highest BCUT2D eigenvalue weighted by Gasteiger charge is 2.13. The maximum atomic E-state index is 11.6. The van der Waals surface area contributed by atoms with Crippen LogP contribution in [0.25, 0.3) is 21.7 Å². The molecule has 5 heteroatoms. The number of carbonyl (C=O) groups is 1. The van der Waals surface area contributed by atoms with Crippen LogP contribution in [-0.4, -0.2) is 10.9 Å². The maximum absolute atomic E-state index is 11.6. The van der Waals surface area contributed by atoms with E-state index in [9.17, 15) is 4.79 Å². The Morgan fingerprint density at radius 3 is 2.86 bits per heavy atom. The van der Waals surface area contributed by atoms with Crippen molar-refractivity contribution in [3.05, 3.63) is 64.6 Å². The summed E-state index contributed by atoms with van der Waals surface area (Å²) in [5.74, 6) is -0.502. The van der Waals surface area contributed by atoms with Gasteiger partial charge in [-0.2, -0.15) is 0 Å². The second-order valence-corrected chi connectivity index (χ2v) is 5.67. The molecule has 1 heterocycles. The van der Waals surface area contributed by atoms with Gasteiger partial charge in [0.05, 0.1) is 0 Å². The van der Waals surface area contributed by atoms with Crippen LogP contribution in [-0.2, 0) is 0 Å². The van der Waals surface area contributed by atoms with E-state index in [0.29, 0.717) is 16.1 Å². The van der Waals surface area contributed by atoms with Gasteiger partial charge in [-0.3, -0.25) is 4.79 Å². The fourth-order valence-corrected chi connectivity index (χ4v) is 2.95. The summed E-state index contributed by atoms with van der Waals surface area (Å²) < 4.78 is 0. The zero-order valence-corrected chi connectivity index (χ0v) is 12.4. The standard InChI is InChI=1S/C16H10ClN2OS/c17-14-6-5-10(16-19-7-8-21-16)9-13(14)11-3-1-2-4-12(11)15(18)20/h1,3-9H,(H2,18,20). The summed E-state index contributed by atoms with van der Waals surface area (Å²) in [4.78, 5) is 15.9. The third-order valence-electron chi connectivity index (χ3n) is 3.07. The summed E-state index contributed by atoms with van der Waals surface area (Å²) in [6.45, 7) is 0. The summed E-state index contributed by atoms with van der Waals surface area (Å²) in [7, 11) is 0. The smallest absolute Gasteiger partial charge is 0.249 e. The second-order valence-electron chi connectivity index (χ2n) is 4.37. The topological polar surface area (TPSA) is 56.0 Å². The molecular formula is C16H10ClN2OS. The molecule has 0 aliphatic rings. The minimum absolute atomic E-state index is 0.399. The van der Waals surface area contributed by atoms with Crippen LogP contribution in [0.2, 0.25) is 5.02 Å². The van der Waals surface area contributed by atoms with Gasteiger partial charge in [-0.1, -0.05) is 29.8 Å². The third kappa shape index (κ3) is 2.68. The number of nitrogens with zero attached hydrogens (tertiary/aromatic N) is 1. The number of primary amides is 1. The van der Waals surface area contributed by atoms with Crippen LogP contribution in [0.5, 0.6) is 0 Å². The largest absolute Gasteiger partial charge is 0.366 e. The van der Waals surface area contributed by atoms with E-state index in [-0.39, 0.29) is 0 Å². The van der Waals surface area contributed by atoms with Crippen molar-refractivity contribution in [3.8, 4) is 21.7 Å². The highest BCUT2D eigenvalue weighted by atomic mass is 35.5. The van der Waals surface area contributed by atoms with Crippen LogP contribution >= 0.6 is 22.9 Å². The number of benzene rings is 2. The van der Waals surface area contributed by atoms with Crippen LogP contribution in [0.3, 0.4) is 0 Å². The van der Waals surface area contributed by atoms with E-state index in [4.69, 9.17) is 17.3 Å². The number of nitrogens with two attached hydrogens (primary N) is 1. The molecule has 3 rings (SSSR count). The lowest BCUT2D eigenvalue weighted by molar-refractivity contribution is 0.100. The minimum Gasteiger partial charge on any atom is -0.366 e. The van der Waals surface area contributed by atoms with Gasteiger partial charge in [-0.05, 0) is 29.8 Å². The predicted octanol–water partition coefficient (Wildman–Crippen LogP) is 4.03. The molecule has 0 atom stereocenters. The number of hydrogen-bond acceptors (Lipinski definition) is 3. The monoisotopic (exact) mass is 313 g/mol. The second kappa shape index (κ2) is 5.68. The molecule has 0 aliphatic carbocycles. The first-order valence-electron chi connectivity index (χ1n) is 6.16. The normalized spacial score (nSPS) is 10.5. The van der Waals surface area contributed by atoms with Crippen molar-refractivity contribution >= 4 is 28.8 Å². The Morgan fingerprint density at radius 2 is 2.14 bits per heavy atom. The van der Waals surface area contributed by atoms with Gasteiger partial charge in [0.25, 0.3) is 0 Å². The lowest BCUT2D eigenvalue weighted by atomic mass is 9.97. The van der Waals surface area contributed by atoms with Crippen LogP contribution in [0.1, 0.15) is 10.4 Å². The van der Waals surface area contributed by atoms with E-state index in [0.717, 1.165) is 16.1 Å². The molecule has 0 spiro atoms. The van der Waals surface area contributed by atoms with Crippen molar-refractivity contribution in [2.45, 2.75) is 0 Å². The molecule has 0 aliphatic heterocycles. The predicted molar refractivity (Wildman–Crippen MR) is 85.3 cm³/mol. The minimum atomic E-state index is -0.502. The van der Waals surface area contributed by atoms with Crippen molar-refractivity contribution in [2.24, 2.45) is 5.73 Å². The molecule has 3 aromatic rings. The van der Waals surface area contributed by atoms with Gasteiger partial charge in [-0.15, -0.1) is 11.3 Å². The van der Waals surface area contributed by atoms with E-state index >= 15 is 0 Å². The van der Waals surface area contributed by atoms with Crippen LogP contribution in [0, 0.1) is 6.07 Å². The average molecular weight is 314 g/mol. The Labute approximate surface area is 131 Å². The van der Waals surface area contributed by atoms with E-state index in [1.54, 1.807) is 41.8 Å². The number of halogens is 1. The number of hydrogen-bond donors (Lipinski definition) is 1. The molecule has 2 aromatic carbocycles. The van der Waals surface area contributed by atoms with Crippen LogP contribution < -0.4 is 5.73 Å². The van der Waals surface area contributed by atoms with Gasteiger partial charge in [0.1, 0.15) is 5.01 Å². The third-order valence-corrected chi connectivity index (χ3v) is 4.22. The van der Waals surface area contributed by atoms with Gasteiger partial charge in [0.2, 0.25) is 5.91 Å². The molecule has 3 nitrogen and oxygen atoms in total. The van der Waals surface area contributed by atoms with Crippen LogP contribution in [0.4, 0.5) is 0 Å². The van der Waals surface area contributed by atoms with Gasteiger partial charge in [-0.25, -0.2) is 4.98 Å². The maximum Gasteiger partial charge on any atom is 0.249 e. The first kappa shape index (κ1) is 13.8. The molecular weight excluding hydrogens is 304 g/mol. The quantitative estimate of drug-likeness (QED) is 0.793. The van der Waals surface area contributed by atoms with Gasteiger partial charge in [0, 0.05) is 33.3 Å². The Balaban J connectivity index is 2.19. The van der Waals surface area contributed by atoms with E-state index in [1.807, 2.05) is 17.5 Å². The van der Waals surface area contributed by atoms with Gasteiger partial charge in [0.15, 0.2) is 0 Å². The average Bonchev–Trinajstić information content (AvgIpc) is 3.02. The molecule has 0 saturated carbocycles. The number of amides is 1. The molecule has 0 unspecified atom stereocenters. The van der Waals surface area contributed by atoms with Crippen molar-refractivity contribution in [1.82, 2.24) is 4.98 Å². The molecule has 0 bridgehead atoms. The summed E-state index contributed by atoms with van der Waals surface area (Å²) in [5.41, 5.74) is 8.23.